The van der Waals surface area contributed by atoms with E-state index in [1.54, 1.807) is 24.3 Å². The first-order valence-corrected chi connectivity index (χ1v) is 20.0. The first-order valence-electron chi connectivity index (χ1n) is 17.5. The Morgan fingerprint density at radius 3 is 2.30 bits per heavy atom. The molecule has 0 atom stereocenters. The monoisotopic (exact) mass is 819 g/mol. The predicted octanol–water partition coefficient (Wildman–Crippen LogP) is 3.48. The largest absolute Gasteiger partial charge is 0.748 e. The van der Waals surface area contributed by atoms with Gasteiger partial charge in [0.15, 0.2) is 5.54 Å². The number of carbonyl (C=O) groups excluding carboxylic acids is 3. The van der Waals surface area contributed by atoms with Gasteiger partial charge in [-0.15, -0.1) is 9.40 Å². The first kappa shape index (κ1) is 39.8. The second kappa shape index (κ2) is 14.2. The summed E-state index contributed by atoms with van der Waals surface area (Å²) in [5.41, 5.74) is 1.81. The number of rotatable bonds is 10. The van der Waals surface area contributed by atoms with Gasteiger partial charge >= 0.3 is 11.9 Å². The van der Waals surface area contributed by atoms with Crippen molar-refractivity contribution in [2.45, 2.75) is 51.6 Å². The summed E-state index contributed by atoms with van der Waals surface area (Å²) in [7, 11) is -1.05. The normalized spacial score (nSPS) is 17.9. The highest BCUT2D eigenvalue weighted by Gasteiger charge is 2.38. The maximum absolute atomic E-state index is 13.5. The van der Waals surface area contributed by atoms with Gasteiger partial charge in [0.2, 0.25) is 5.36 Å². The van der Waals surface area contributed by atoms with Crippen molar-refractivity contribution in [3.05, 3.63) is 98.6 Å². The molecule has 0 aliphatic carbocycles. The van der Waals surface area contributed by atoms with E-state index in [-0.39, 0.29) is 52.2 Å². The highest BCUT2D eigenvalue weighted by atomic mass is 32.2. The van der Waals surface area contributed by atoms with Gasteiger partial charge in [-0.05, 0) is 67.0 Å². The molecule has 0 radical (unpaired) electrons. The number of benzene rings is 3. The fourth-order valence-corrected chi connectivity index (χ4v) is 8.62. The standard InChI is InChI=1S/C39H37N3O13S2/c1-38(2)16-21(18-56-55-54-48)24-12-27-31(14-29(24)40(38)5)52-32-15-30-25(22(19-57(49,50)51)17-39(3,4)41(30)6)13-28(32)35(27)26-11-20(7-8-23(26)36(45)46)37(47)53-42-33(43)9-10-34(42)44/h7-8,11-17H,9-10,18-19H2,1-6H3,(H2-,45,46,48,49,50,51). The number of hydrogen-bond donors (Lipinski definition) is 2. The van der Waals surface area contributed by atoms with E-state index in [0.29, 0.717) is 38.1 Å². The fraction of sp³-hybridized carbons (Fsp3) is 0.308. The number of hydrogen-bond acceptors (Lipinski definition) is 14. The Balaban J connectivity index is 1.56. The zero-order chi connectivity index (χ0) is 41.4. The second-order valence-corrected chi connectivity index (χ2v) is 17.2. The van der Waals surface area contributed by atoms with Gasteiger partial charge in [-0.1, -0.05) is 11.1 Å². The van der Waals surface area contributed by atoms with Crippen LogP contribution in [0.15, 0.2) is 54.6 Å². The minimum atomic E-state index is -4.77. The van der Waals surface area contributed by atoms with Gasteiger partial charge in [-0.25, -0.2) is 27.8 Å². The summed E-state index contributed by atoms with van der Waals surface area (Å²) in [6.07, 6.45) is 3.43. The maximum atomic E-state index is 13.5. The Bertz CT molecular complexity index is 2610. The highest BCUT2D eigenvalue weighted by molar-refractivity contribution is 7.95. The van der Waals surface area contributed by atoms with E-state index in [9.17, 15) is 37.3 Å². The molecule has 16 nitrogen and oxygen atoms in total. The lowest BCUT2D eigenvalue weighted by Crippen LogP contribution is -2.47. The second-order valence-electron chi connectivity index (χ2n) is 15.1. The first-order chi connectivity index (χ1) is 26.7. The molecule has 2 N–H and O–H groups in total. The van der Waals surface area contributed by atoms with Crippen molar-refractivity contribution in [1.82, 2.24) is 9.64 Å². The van der Waals surface area contributed by atoms with Crippen LogP contribution in [0.2, 0.25) is 0 Å². The number of hydroxylamine groups is 2. The fourth-order valence-electron chi connectivity index (χ4n) is 7.54. The SMILES string of the molecule is CN1c2cc3c(cc2C(CSOOO)=CC1(C)C)C(c1cc(C(=O)ON2C(=O)CCC2=O)ccc1C(=O)O)=c1cc2c(cc1O3)=[N+](C)C(C)(C)C=C2CS(=O)(=O)[O-]. The van der Waals surface area contributed by atoms with Gasteiger partial charge in [0, 0.05) is 85.2 Å². The molecule has 0 bridgehead atoms. The molecular weight excluding hydrogens is 783 g/mol. The van der Waals surface area contributed by atoms with Crippen molar-refractivity contribution in [1.29, 1.82) is 0 Å². The van der Waals surface area contributed by atoms with E-state index in [4.69, 9.17) is 19.2 Å². The molecule has 4 heterocycles. The van der Waals surface area contributed by atoms with Crippen LogP contribution in [0.1, 0.15) is 83.5 Å². The van der Waals surface area contributed by atoms with E-state index in [1.165, 1.54) is 18.2 Å². The molecule has 4 aliphatic heterocycles. The van der Waals surface area contributed by atoms with Crippen LogP contribution >= 0.6 is 12.0 Å². The van der Waals surface area contributed by atoms with Crippen molar-refractivity contribution in [3.8, 4) is 11.5 Å². The Labute approximate surface area is 330 Å². The van der Waals surface area contributed by atoms with E-state index in [2.05, 4.69) is 5.04 Å². The summed E-state index contributed by atoms with van der Waals surface area (Å²) in [6.45, 7) is 7.72. The molecule has 0 spiro atoms. The minimum absolute atomic E-state index is 0.0228. The van der Waals surface area contributed by atoms with Gasteiger partial charge in [0.1, 0.15) is 18.5 Å². The van der Waals surface area contributed by atoms with Crippen LogP contribution in [-0.2, 0) is 33.9 Å². The zero-order valence-corrected chi connectivity index (χ0v) is 33.2. The van der Waals surface area contributed by atoms with Crippen LogP contribution in [0.3, 0.4) is 0 Å². The number of carboxylic acid groups (broad SMARTS) is 1. The van der Waals surface area contributed by atoms with Gasteiger partial charge in [-0.3, -0.25) is 9.59 Å². The average Bonchev–Trinajstić information content (AvgIpc) is 3.44. The number of carbonyl (C=O) groups is 4. The van der Waals surface area contributed by atoms with Crippen LogP contribution in [0.5, 0.6) is 11.5 Å². The van der Waals surface area contributed by atoms with Crippen molar-refractivity contribution in [3.63, 3.8) is 0 Å². The number of nitrogens with zero attached hydrogens (tertiary/aromatic N) is 3. The molecule has 3 aromatic carbocycles. The van der Waals surface area contributed by atoms with Crippen molar-refractivity contribution in [2.24, 2.45) is 0 Å². The van der Waals surface area contributed by atoms with E-state index >= 15 is 0 Å². The molecule has 0 aromatic heterocycles. The molecule has 0 unspecified atom stereocenters. The Morgan fingerprint density at radius 2 is 1.65 bits per heavy atom. The maximum Gasteiger partial charge on any atom is 0.363 e. The van der Waals surface area contributed by atoms with Gasteiger partial charge in [-0.2, -0.15) is 0 Å². The third kappa shape index (κ3) is 7.24. The zero-order valence-electron chi connectivity index (χ0n) is 31.6. The Kier molecular flexibility index (Phi) is 9.95. The molecule has 3 aromatic rings. The quantitative estimate of drug-likeness (QED) is 0.0446. The van der Waals surface area contributed by atoms with Crippen LogP contribution in [-0.4, -0.2) is 88.8 Å². The van der Waals surface area contributed by atoms with Gasteiger partial charge in [0.25, 0.3) is 11.8 Å². The predicted molar refractivity (Wildman–Crippen MR) is 205 cm³/mol. The van der Waals surface area contributed by atoms with Crippen LogP contribution in [0.4, 0.5) is 5.69 Å². The molecule has 2 amide bonds. The van der Waals surface area contributed by atoms with E-state index in [1.807, 2.05) is 63.4 Å². The molecule has 0 saturated carbocycles. The molecular formula is C39H37N3O13S2. The van der Waals surface area contributed by atoms with E-state index in [0.717, 1.165) is 23.3 Å². The third-order valence-corrected chi connectivity index (χ3v) is 12.0. The lowest BCUT2D eigenvalue weighted by Gasteiger charge is -2.41. The van der Waals surface area contributed by atoms with Crippen LogP contribution < -0.4 is 24.8 Å². The molecule has 57 heavy (non-hydrogen) atoms. The Morgan fingerprint density at radius 1 is 0.947 bits per heavy atom. The molecule has 4 aliphatic rings. The summed E-state index contributed by atoms with van der Waals surface area (Å²) in [4.78, 5) is 58.3. The molecule has 1 fully saturated rings. The summed E-state index contributed by atoms with van der Waals surface area (Å²) in [6, 6.07) is 10.6. The molecule has 7 rings (SSSR count). The average molecular weight is 820 g/mol. The number of imide groups is 1. The number of ether oxygens (including phenoxy) is 1. The number of aromatic carboxylic acids is 1. The summed E-state index contributed by atoms with van der Waals surface area (Å²) >= 11 is 0.830. The van der Waals surface area contributed by atoms with Crippen molar-refractivity contribution < 1.29 is 61.5 Å². The van der Waals surface area contributed by atoms with Gasteiger partial charge < -0.3 is 24.1 Å². The van der Waals surface area contributed by atoms with Crippen molar-refractivity contribution >= 4 is 68.3 Å². The number of fused-ring (bicyclic) bond motifs is 4. The van der Waals surface area contributed by atoms with E-state index < -0.39 is 50.7 Å². The topological polar surface area (TPSA) is 212 Å². The summed E-state index contributed by atoms with van der Waals surface area (Å²) < 4.78 is 49.9. The summed E-state index contributed by atoms with van der Waals surface area (Å²) in [5, 5.41) is 24.5. The molecule has 1 saturated heterocycles. The van der Waals surface area contributed by atoms with Crippen LogP contribution in [0, 0.1) is 0 Å². The smallest absolute Gasteiger partial charge is 0.363 e. The number of carboxylic acids is 1. The number of anilines is 1. The number of amides is 2. The molecule has 298 valence electrons. The third-order valence-electron chi connectivity index (χ3n) is 10.7. The lowest BCUT2D eigenvalue weighted by atomic mass is 9.83. The van der Waals surface area contributed by atoms with Gasteiger partial charge in [0.05, 0.1) is 44.2 Å². The Hall–Kier alpha value is -5.37. The van der Waals surface area contributed by atoms with Crippen molar-refractivity contribution in [2.75, 3.05) is 30.5 Å². The number of likely N-dealkylation sites (N-methyl/N-ethyl adjacent to an activating group) is 2. The lowest BCUT2D eigenvalue weighted by molar-refractivity contribution is -0.432. The summed E-state index contributed by atoms with van der Waals surface area (Å²) in [5.74, 6) is -3.87. The van der Waals surface area contributed by atoms with Crippen LogP contribution in [0.25, 0.3) is 16.7 Å². The molecule has 18 heteroatoms. The minimum Gasteiger partial charge on any atom is -0.748 e. The highest BCUT2D eigenvalue weighted by Crippen LogP contribution is 2.47.